The third-order valence-corrected chi connectivity index (χ3v) is 3.01. The van der Waals surface area contributed by atoms with Gasteiger partial charge in [-0.3, -0.25) is 4.79 Å². The van der Waals surface area contributed by atoms with Crippen LogP contribution in [0.25, 0.3) is 0 Å². The van der Waals surface area contributed by atoms with Gasteiger partial charge >= 0.3 is 5.97 Å². The van der Waals surface area contributed by atoms with Crippen molar-refractivity contribution in [2.75, 3.05) is 0 Å². The minimum atomic E-state index is -0.694. The number of hydrogen-bond acceptors (Lipinski definition) is 1. The maximum Gasteiger partial charge on any atom is 0.303 e. The highest BCUT2D eigenvalue weighted by Crippen LogP contribution is 2.02. The Kier molecular flexibility index (Phi) is 14.7. The Morgan fingerprint density at radius 1 is 0.800 bits per heavy atom. The molecule has 0 fully saturated rings. The average Bonchev–Trinajstić information content (AvgIpc) is 2.43. The fraction of sp³-hybridized carbons (Fsp3) is 0.611. The molecule has 0 saturated heterocycles. The highest BCUT2D eigenvalue weighted by atomic mass is 16.4. The molecule has 2 heteroatoms. The second-order valence-corrected chi connectivity index (χ2v) is 5.01. The quantitative estimate of drug-likeness (QED) is 0.348. The first-order chi connectivity index (χ1) is 9.77. The Labute approximate surface area is 124 Å². The molecule has 0 spiro atoms. The Morgan fingerprint density at radius 2 is 1.35 bits per heavy atom. The first-order valence-electron chi connectivity index (χ1n) is 7.94. The van der Waals surface area contributed by atoms with E-state index >= 15 is 0 Å². The maximum absolute atomic E-state index is 10.3. The van der Waals surface area contributed by atoms with Crippen molar-refractivity contribution in [3.05, 3.63) is 36.5 Å². The summed E-state index contributed by atoms with van der Waals surface area (Å²) in [6.45, 7) is 2.22. The maximum atomic E-state index is 10.3. The fourth-order valence-electron chi connectivity index (χ4n) is 1.80. The molecule has 0 heterocycles. The van der Waals surface area contributed by atoms with Gasteiger partial charge in [0.05, 0.1) is 0 Å². The van der Waals surface area contributed by atoms with Crippen molar-refractivity contribution in [3.63, 3.8) is 0 Å². The van der Waals surface area contributed by atoms with E-state index in [1.807, 2.05) is 0 Å². The first kappa shape index (κ1) is 18.7. The van der Waals surface area contributed by atoms with Crippen LogP contribution in [0.2, 0.25) is 0 Å². The number of allylic oxidation sites excluding steroid dienone is 6. The van der Waals surface area contributed by atoms with E-state index in [9.17, 15) is 4.79 Å². The van der Waals surface area contributed by atoms with E-state index in [-0.39, 0.29) is 0 Å². The van der Waals surface area contributed by atoms with Crippen molar-refractivity contribution in [1.29, 1.82) is 0 Å². The Hall–Kier alpha value is -1.31. The molecule has 114 valence electrons. The van der Waals surface area contributed by atoms with Crippen molar-refractivity contribution in [1.82, 2.24) is 0 Å². The lowest BCUT2D eigenvalue weighted by Crippen LogP contribution is -1.92. The van der Waals surface area contributed by atoms with Crippen LogP contribution < -0.4 is 0 Å². The van der Waals surface area contributed by atoms with Crippen molar-refractivity contribution in [2.24, 2.45) is 0 Å². The van der Waals surface area contributed by atoms with E-state index < -0.39 is 5.97 Å². The molecule has 0 aliphatic carbocycles. The third kappa shape index (κ3) is 16.7. The average molecular weight is 278 g/mol. The van der Waals surface area contributed by atoms with Crippen molar-refractivity contribution < 1.29 is 9.90 Å². The zero-order chi connectivity index (χ0) is 14.9. The zero-order valence-corrected chi connectivity index (χ0v) is 12.9. The lowest BCUT2D eigenvalue weighted by atomic mass is 10.2. The molecule has 0 amide bonds. The van der Waals surface area contributed by atoms with E-state index in [2.05, 4.69) is 43.4 Å². The fourth-order valence-corrected chi connectivity index (χ4v) is 1.80. The summed E-state index contributed by atoms with van der Waals surface area (Å²) in [5, 5.41) is 8.49. The summed E-state index contributed by atoms with van der Waals surface area (Å²) < 4.78 is 0. The lowest BCUT2D eigenvalue weighted by molar-refractivity contribution is -0.137. The molecule has 0 aromatic carbocycles. The van der Waals surface area contributed by atoms with Gasteiger partial charge in [0.1, 0.15) is 0 Å². The number of carbonyl (C=O) groups is 1. The monoisotopic (exact) mass is 278 g/mol. The van der Waals surface area contributed by atoms with Gasteiger partial charge in [0.2, 0.25) is 0 Å². The van der Waals surface area contributed by atoms with E-state index in [4.69, 9.17) is 5.11 Å². The normalized spacial score (nSPS) is 12.1. The number of rotatable bonds is 13. The van der Waals surface area contributed by atoms with Gasteiger partial charge in [-0.15, -0.1) is 0 Å². The van der Waals surface area contributed by atoms with Crippen LogP contribution >= 0.6 is 0 Å². The van der Waals surface area contributed by atoms with Crippen LogP contribution in [-0.4, -0.2) is 11.1 Å². The molecule has 0 aromatic rings. The van der Waals surface area contributed by atoms with Crippen molar-refractivity contribution in [3.8, 4) is 0 Å². The van der Waals surface area contributed by atoms with Gasteiger partial charge in [-0.1, -0.05) is 56.2 Å². The topological polar surface area (TPSA) is 37.3 Å². The second kappa shape index (κ2) is 15.7. The molecule has 0 aliphatic rings. The molecule has 2 nitrogen and oxygen atoms in total. The highest BCUT2D eigenvalue weighted by molar-refractivity contribution is 5.66. The summed E-state index contributed by atoms with van der Waals surface area (Å²) in [5.41, 5.74) is 0. The van der Waals surface area contributed by atoms with Crippen LogP contribution in [0.1, 0.15) is 71.1 Å². The van der Waals surface area contributed by atoms with Crippen molar-refractivity contribution >= 4 is 5.97 Å². The van der Waals surface area contributed by atoms with Crippen molar-refractivity contribution in [2.45, 2.75) is 71.1 Å². The predicted octanol–water partition coefficient (Wildman–Crippen LogP) is 5.66. The van der Waals surface area contributed by atoms with Gasteiger partial charge in [0.25, 0.3) is 0 Å². The molecular formula is C18H30O2. The number of carboxylic acid groups (broad SMARTS) is 1. The van der Waals surface area contributed by atoms with E-state index in [0.29, 0.717) is 6.42 Å². The van der Waals surface area contributed by atoms with E-state index in [1.165, 1.54) is 19.3 Å². The van der Waals surface area contributed by atoms with Crippen LogP contribution in [0.15, 0.2) is 36.5 Å². The third-order valence-electron chi connectivity index (χ3n) is 3.01. The minimum Gasteiger partial charge on any atom is -0.481 e. The predicted molar refractivity (Wildman–Crippen MR) is 86.9 cm³/mol. The van der Waals surface area contributed by atoms with Crippen LogP contribution in [0.3, 0.4) is 0 Å². The van der Waals surface area contributed by atoms with Gasteiger partial charge < -0.3 is 5.11 Å². The molecule has 0 rings (SSSR count). The van der Waals surface area contributed by atoms with E-state index in [0.717, 1.165) is 38.5 Å². The standard InChI is InChI=1S/C18H30O2/c1-2-3-4-5-6-7-8-9-10-11-12-13-14-15-16-17-18(19)20/h5-6,9-10,12-13H,2-4,7-8,11,14-17H2,1H3,(H,19,20)/b6-5+,10-9+,13-12+. The van der Waals surface area contributed by atoms with E-state index in [1.54, 1.807) is 0 Å². The Balaban J connectivity index is 3.30. The molecule has 0 bridgehead atoms. The number of aliphatic carboxylic acids is 1. The van der Waals surface area contributed by atoms with Gasteiger partial charge in [-0.2, -0.15) is 0 Å². The van der Waals surface area contributed by atoms with Crippen LogP contribution in [-0.2, 0) is 4.79 Å². The number of hydrogen-bond donors (Lipinski definition) is 1. The molecule has 0 saturated carbocycles. The first-order valence-corrected chi connectivity index (χ1v) is 7.94. The van der Waals surface area contributed by atoms with Crippen LogP contribution in [0.5, 0.6) is 0 Å². The summed E-state index contributed by atoms with van der Waals surface area (Å²) in [6.07, 6.45) is 23.4. The van der Waals surface area contributed by atoms with Crippen LogP contribution in [0.4, 0.5) is 0 Å². The summed E-state index contributed by atoms with van der Waals surface area (Å²) in [4.78, 5) is 10.3. The molecular weight excluding hydrogens is 248 g/mol. The largest absolute Gasteiger partial charge is 0.481 e. The number of unbranched alkanes of at least 4 members (excludes halogenated alkanes) is 5. The van der Waals surface area contributed by atoms with Gasteiger partial charge in [0, 0.05) is 6.42 Å². The smallest absolute Gasteiger partial charge is 0.303 e. The Morgan fingerprint density at radius 3 is 2.00 bits per heavy atom. The molecule has 0 aliphatic heterocycles. The second-order valence-electron chi connectivity index (χ2n) is 5.01. The molecule has 0 unspecified atom stereocenters. The minimum absolute atomic E-state index is 0.291. The Bertz CT molecular complexity index is 301. The molecule has 0 atom stereocenters. The van der Waals surface area contributed by atoms with Gasteiger partial charge in [0.15, 0.2) is 0 Å². The number of carboxylic acids is 1. The molecule has 20 heavy (non-hydrogen) atoms. The summed E-state index contributed by atoms with van der Waals surface area (Å²) in [7, 11) is 0. The van der Waals surface area contributed by atoms with Gasteiger partial charge in [-0.05, 0) is 44.9 Å². The summed E-state index contributed by atoms with van der Waals surface area (Å²) in [6, 6.07) is 0. The lowest BCUT2D eigenvalue weighted by Gasteiger charge is -1.92. The molecule has 1 N–H and O–H groups in total. The molecule has 0 radical (unpaired) electrons. The summed E-state index contributed by atoms with van der Waals surface area (Å²) >= 11 is 0. The highest BCUT2D eigenvalue weighted by Gasteiger charge is 1.93. The van der Waals surface area contributed by atoms with Gasteiger partial charge in [-0.25, -0.2) is 0 Å². The summed E-state index contributed by atoms with van der Waals surface area (Å²) in [5.74, 6) is -0.694. The molecule has 0 aromatic heterocycles. The SMILES string of the molecule is CCCC/C=C/CC/C=C/C/C=C/CCCCC(=O)O. The zero-order valence-electron chi connectivity index (χ0n) is 12.9. The van der Waals surface area contributed by atoms with Crippen LogP contribution in [0, 0.1) is 0 Å².